The van der Waals surface area contributed by atoms with E-state index in [0.29, 0.717) is 5.52 Å². The minimum absolute atomic E-state index is 0.00447. The van der Waals surface area contributed by atoms with Crippen LogP contribution in [-0.4, -0.2) is 9.55 Å². The Morgan fingerprint density at radius 2 is 2.06 bits per heavy atom. The first-order valence-corrected chi connectivity index (χ1v) is 5.73. The molecule has 3 nitrogen and oxygen atoms in total. The normalized spacial score (nSPS) is 11.4. The number of aromatic amines is 1. The molecule has 4 heteroatoms. The van der Waals surface area contributed by atoms with E-state index in [0.717, 1.165) is 20.8 Å². The summed E-state index contributed by atoms with van der Waals surface area (Å²) in [6, 6.07) is 7.91. The maximum absolute atomic E-state index is 11.9. The van der Waals surface area contributed by atoms with E-state index in [1.54, 1.807) is 17.8 Å². The average molecular weight is 277 g/mol. The first-order chi connectivity index (χ1) is 7.66. The predicted octanol–water partition coefficient (Wildman–Crippen LogP) is 2.78. The van der Waals surface area contributed by atoms with Crippen molar-refractivity contribution in [1.82, 2.24) is 9.55 Å². The van der Waals surface area contributed by atoms with Crippen molar-refractivity contribution in [2.45, 2.75) is 0 Å². The molecule has 0 aliphatic rings. The van der Waals surface area contributed by atoms with Gasteiger partial charge in [0.2, 0.25) is 0 Å². The molecule has 1 N–H and O–H groups in total. The van der Waals surface area contributed by atoms with E-state index < -0.39 is 0 Å². The number of nitrogens with zero attached hydrogens (tertiary/aromatic N) is 1. The molecule has 0 aliphatic heterocycles. The number of benzene rings is 1. The molecule has 16 heavy (non-hydrogen) atoms. The number of fused-ring (bicyclic) bond motifs is 3. The van der Waals surface area contributed by atoms with Crippen molar-refractivity contribution in [3.63, 3.8) is 0 Å². The molecule has 2 heterocycles. The van der Waals surface area contributed by atoms with E-state index in [2.05, 4.69) is 20.9 Å². The Bertz CT molecular complexity index is 755. The number of rotatable bonds is 0. The zero-order valence-electron chi connectivity index (χ0n) is 8.62. The van der Waals surface area contributed by atoms with Crippen molar-refractivity contribution < 1.29 is 0 Å². The van der Waals surface area contributed by atoms with Crippen LogP contribution >= 0.6 is 15.9 Å². The molecule has 80 valence electrons. The molecule has 0 saturated heterocycles. The molecule has 0 spiro atoms. The van der Waals surface area contributed by atoms with Gasteiger partial charge in [-0.3, -0.25) is 4.79 Å². The summed E-state index contributed by atoms with van der Waals surface area (Å²) in [5.41, 5.74) is 1.66. The molecule has 0 unspecified atom stereocenters. The van der Waals surface area contributed by atoms with Crippen LogP contribution in [0.2, 0.25) is 0 Å². The third-order valence-electron chi connectivity index (χ3n) is 2.80. The molecule has 0 aliphatic carbocycles. The lowest BCUT2D eigenvalue weighted by Crippen LogP contribution is -2.15. The Labute approximate surface area is 99.8 Å². The fourth-order valence-corrected chi connectivity index (χ4v) is 2.32. The Balaban J connectivity index is 2.61. The summed E-state index contributed by atoms with van der Waals surface area (Å²) in [5, 5.41) is 2.04. The first-order valence-electron chi connectivity index (χ1n) is 4.93. The Kier molecular flexibility index (Phi) is 1.94. The third kappa shape index (κ3) is 1.23. The largest absolute Gasteiger partial charge is 0.350 e. The molecule has 0 fully saturated rings. The molecule has 0 bridgehead atoms. The second-order valence-corrected chi connectivity index (χ2v) is 4.75. The summed E-state index contributed by atoms with van der Waals surface area (Å²) >= 11 is 3.44. The minimum Gasteiger partial charge on any atom is -0.350 e. The van der Waals surface area contributed by atoms with Gasteiger partial charge in [-0.15, -0.1) is 0 Å². The van der Waals surface area contributed by atoms with Crippen molar-refractivity contribution in [3.8, 4) is 0 Å². The van der Waals surface area contributed by atoms with Gasteiger partial charge < -0.3 is 9.55 Å². The number of halogens is 1. The highest BCUT2D eigenvalue weighted by Gasteiger charge is 2.07. The smallest absolute Gasteiger partial charge is 0.274 e. The van der Waals surface area contributed by atoms with Crippen LogP contribution in [0.3, 0.4) is 0 Å². The van der Waals surface area contributed by atoms with E-state index in [1.807, 2.05) is 24.3 Å². The predicted molar refractivity (Wildman–Crippen MR) is 68.7 cm³/mol. The maximum Gasteiger partial charge on any atom is 0.274 e. The van der Waals surface area contributed by atoms with Gasteiger partial charge in [0.1, 0.15) is 5.52 Å². The highest BCUT2D eigenvalue weighted by molar-refractivity contribution is 9.10. The zero-order chi connectivity index (χ0) is 11.3. The number of pyridine rings is 1. The van der Waals surface area contributed by atoms with Crippen molar-refractivity contribution in [2.24, 2.45) is 7.05 Å². The molecule has 3 aromatic rings. The topological polar surface area (TPSA) is 37.8 Å². The standard InChI is InChI=1S/C12H9BrN2O/c1-15-5-4-8-9-6-7(13)2-3-10(9)14-11(8)12(15)16/h2-6,14H,1H3. The number of nitrogens with one attached hydrogen (secondary N) is 1. The fourth-order valence-electron chi connectivity index (χ4n) is 1.96. The molecule has 0 atom stereocenters. The summed E-state index contributed by atoms with van der Waals surface area (Å²) in [5.74, 6) is 0. The van der Waals surface area contributed by atoms with Gasteiger partial charge in [0, 0.05) is 34.0 Å². The molecule has 0 radical (unpaired) electrons. The lowest BCUT2D eigenvalue weighted by Gasteiger charge is -1.95. The first kappa shape index (κ1) is 9.66. The van der Waals surface area contributed by atoms with Gasteiger partial charge in [-0.1, -0.05) is 15.9 Å². The molecule has 2 aromatic heterocycles. The van der Waals surface area contributed by atoms with Gasteiger partial charge >= 0.3 is 0 Å². The second kappa shape index (κ2) is 3.22. The number of aryl methyl sites for hydroxylation is 1. The van der Waals surface area contributed by atoms with Crippen LogP contribution in [0.15, 0.2) is 39.7 Å². The lowest BCUT2D eigenvalue weighted by atomic mass is 10.2. The van der Waals surface area contributed by atoms with Crippen LogP contribution in [0, 0.1) is 0 Å². The molecule has 0 saturated carbocycles. The summed E-state index contributed by atoms with van der Waals surface area (Å²) in [6.45, 7) is 0. The quantitative estimate of drug-likeness (QED) is 0.674. The van der Waals surface area contributed by atoms with Crippen LogP contribution in [-0.2, 0) is 7.05 Å². The van der Waals surface area contributed by atoms with Crippen molar-refractivity contribution in [2.75, 3.05) is 0 Å². The molecular formula is C12H9BrN2O. The van der Waals surface area contributed by atoms with Crippen LogP contribution in [0.5, 0.6) is 0 Å². The molecule has 1 aromatic carbocycles. The van der Waals surface area contributed by atoms with Crippen LogP contribution in [0.25, 0.3) is 21.8 Å². The molecular weight excluding hydrogens is 268 g/mol. The highest BCUT2D eigenvalue weighted by atomic mass is 79.9. The van der Waals surface area contributed by atoms with E-state index in [9.17, 15) is 4.79 Å². The van der Waals surface area contributed by atoms with Crippen molar-refractivity contribution >= 4 is 37.7 Å². The number of hydrogen-bond acceptors (Lipinski definition) is 1. The monoisotopic (exact) mass is 276 g/mol. The van der Waals surface area contributed by atoms with Gasteiger partial charge in [-0.05, 0) is 24.3 Å². The van der Waals surface area contributed by atoms with Crippen LogP contribution in [0.1, 0.15) is 0 Å². The average Bonchev–Trinajstić information content (AvgIpc) is 2.62. The van der Waals surface area contributed by atoms with Gasteiger partial charge in [-0.25, -0.2) is 0 Å². The summed E-state index contributed by atoms with van der Waals surface area (Å²) < 4.78 is 2.59. The minimum atomic E-state index is 0.00447. The number of H-pyrrole nitrogens is 1. The summed E-state index contributed by atoms with van der Waals surface area (Å²) in [7, 11) is 1.75. The Morgan fingerprint density at radius 1 is 1.25 bits per heavy atom. The maximum atomic E-state index is 11.9. The summed E-state index contributed by atoms with van der Waals surface area (Å²) in [4.78, 5) is 15.1. The molecule has 0 amide bonds. The lowest BCUT2D eigenvalue weighted by molar-refractivity contribution is 0.871. The highest BCUT2D eigenvalue weighted by Crippen LogP contribution is 2.25. The summed E-state index contributed by atoms with van der Waals surface area (Å²) in [6.07, 6.45) is 1.79. The van der Waals surface area contributed by atoms with E-state index in [-0.39, 0.29) is 5.56 Å². The van der Waals surface area contributed by atoms with Crippen LogP contribution < -0.4 is 5.56 Å². The van der Waals surface area contributed by atoms with E-state index in [1.165, 1.54) is 0 Å². The Morgan fingerprint density at radius 3 is 2.88 bits per heavy atom. The zero-order valence-corrected chi connectivity index (χ0v) is 10.2. The Hall–Kier alpha value is -1.55. The number of aromatic nitrogens is 2. The van der Waals surface area contributed by atoms with Crippen LogP contribution in [0.4, 0.5) is 0 Å². The van der Waals surface area contributed by atoms with Gasteiger partial charge in [-0.2, -0.15) is 0 Å². The van der Waals surface area contributed by atoms with Gasteiger partial charge in [0.05, 0.1) is 0 Å². The SMILES string of the molecule is Cn1ccc2c([nH]c3ccc(Br)cc32)c1=O. The second-order valence-electron chi connectivity index (χ2n) is 3.84. The van der Waals surface area contributed by atoms with E-state index >= 15 is 0 Å². The third-order valence-corrected chi connectivity index (χ3v) is 3.29. The molecule has 3 rings (SSSR count). The fraction of sp³-hybridized carbons (Fsp3) is 0.0833. The van der Waals surface area contributed by atoms with Crippen molar-refractivity contribution in [3.05, 3.63) is 45.3 Å². The van der Waals surface area contributed by atoms with Crippen molar-refractivity contribution in [1.29, 1.82) is 0 Å². The van der Waals surface area contributed by atoms with Gasteiger partial charge in [0.15, 0.2) is 0 Å². The number of hydrogen-bond donors (Lipinski definition) is 1. The van der Waals surface area contributed by atoms with E-state index in [4.69, 9.17) is 0 Å². The van der Waals surface area contributed by atoms with Gasteiger partial charge in [0.25, 0.3) is 5.56 Å².